The van der Waals surface area contributed by atoms with E-state index in [-0.39, 0.29) is 6.42 Å². The van der Waals surface area contributed by atoms with Gasteiger partial charge in [0.2, 0.25) is 0 Å². The number of hydrogen-bond donors (Lipinski definition) is 1. The minimum Gasteiger partial charge on any atom is -0.481 e. The van der Waals surface area contributed by atoms with E-state index in [2.05, 4.69) is 0 Å². The number of carboxylic acid groups (broad SMARTS) is 1. The van der Waals surface area contributed by atoms with Gasteiger partial charge in [0.15, 0.2) is 0 Å². The van der Waals surface area contributed by atoms with E-state index in [1.165, 1.54) is 6.92 Å². The van der Waals surface area contributed by atoms with E-state index >= 15 is 0 Å². The van der Waals surface area contributed by atoms with Crippen molar-refractivity contribution >= 4 is 11.9 Å². The summed E-state index contributed by atoms with van der Waals surface area (Å²) in [6, 6.07) is 0. The molecule has 0 saturated carbocycles. The highest BCUT2D eigenvalue weighted by atomic mass is 16.4. The van der Waals surface area contributed by atoms with E-state index < -0.39 is 17.9 Å². The Bertz CT molecular complexity index is 129. The maximum Gasteiger partial charge on any atom is 0.358 e. The van der Waals surface area contributed by atoms with E-state index in [0.717, 1.165) is 0 Å². The van der Waals surface area contributed by atoms with Gasteiger partial charge in [-0.1, -0.05) is 6.92 Å². The lowest BCUT2D eigenvalue weighted by Crippen LogP contribution is -2.12. The predicted octanol–water partition coefficient (Wildman–Crippen LogP) is 0.0543. The van der Waals surface area contributed by atoms with Gasteiger partial charge in [0, 0.05) is 0 Å². The van der Waals surface area contributed by atoms with Crippen molar-refractivity contribution in [2.24, 2.45) is 5.92 Å². The molecule has 0 fully saturated rings. The monoisotopic (exact) mass is 131 g/mol. The number of carbonyl (C=O) groups excluding carboxylic acids is 1. The van der Waals surface area contributed by atoms with Gasteiger partial charge in [0.25, 0.3) is 0 Å². The molecule has 51 valence electrons. The van der Waals surface area contributed by atoms with Crippen LogP contribution in [0, 0.1) is 5.92 Å². The molecule has 4 heteroatoms. The number of carboxylic acids is 1. The maximum absolute atomic E-state index is 9.86. The third-order valence-corrected chi connectivity index (χ3v) is 0.883. The van der Waals surface area contributed by atoms with Crippen molar-refractivity contribution in [3.05, 3.63) is 0 Å². The molecule has 4 nitrogen and oxygen atoms in total. The lowest BCUT2D eigenvalue weighted by atomic mass is 10.1. The number of hydrogen-bond acceptors (Lipinski definition) is 2. The molecule has 1 unspecified atom stereocenters. The largest absolute Gasteiger partial charge is 0.481 e. The number of carbonyl (C=O) groups is 2. The smallest absolute Gasteiger partial charge is 0.358 e. The summed E-state index contributed by atoms with van der Waals surface area (Å²) >= 11 is 0. The van der Waals surface area contributed by atoms with Crippen LogP contribution in [-0.4, -0.2) is 17.0 Å². The Morgan fingerprint density at radius 3 is 2.11 bits per heavy atom. The van der Waals surface area contributed by atoms with Gasteiger partial charge >= 0.3 is 11.9 Å². The average molecular weight is 131 g/mol. The Morgan fingerprint density at radius 1 is 1.56 bits per heavy atom. The molecule has 0 aromatic rings. The van der Waals surface area contributed by atoms with Crippen molar-refractivity contribution in [3.8, 4) is 0 Å². The minimum atomic E-state index is -1.32. The molecule has 0 saturated heterocycles. The maximum atomic E-state index is 9.86. The third kappa shape index (κ3) is 3.52. The zero-order chi connectivity index (χ0) is 7.44. The molecule has 0 aliphatic heterocycles. The Kier molecular flexibility index (Phi) is 2.70. The van der Waals surface area contributed by atoms with Crippen LogP contribution >= 0.6 is 0 Å². The zero-order valence-corrected chi connectivity index (χ0v) is 4.96. The summed E-state index contributed by atoms with van der Waals surface area (Å²) < 4.78 is 0. The molecule has 0 heterocycles. The van der Waals surface area contributed by atoms with Gasteiger partial charge in [0.1, 0.15) is 0 Å². The molecule has 0 aliphatic rings. The second kappa shape index (κ2) is 3.06. The quantitative estimate of drug-likeness (QED) is 0.588. The van der Waals surface area contributed by atoms with Crippen molar-refractivity contribution in [1.82, 2.24) is 0 Å². The summed E-state index contributed by atoms with van der Waals surface area (Å²) in [5, 5.41) is 17.9. The fourth-order valence-electron chi connectivity index (χ4n) is 0.345. The summed E-state index contributed by atoms with van der Waals surface area (Å²) in [6.45, 7) is 1.30. The van der Waals surface area contributed by atoms with Crippen molar-refractivity contribution in [1.29, 1.82) is 0 Å². The van der Waals surface area contributed by atoms with Gasteiger partial charge < -0.3 is 5.11 Å². The first-order valence-corrected chi connectivity index (χ1v) is 2.46. The fraction of sp³-hybridized carbons (Fsp3) is 0.600. The van der Waals surface area contributed by atoms with Crippen LogP contribution in [0.4, 0.5) is 0 Å². The average Bonchev–Trinajstić information content (AvgIpc) is 1.63. The van der Waals surface area contributed by atoms with E-state index in [4.69, 9.17) is 5.11 Å². The molecule has 0 aliphatic carbocycles. The summed E-state index contributed by atoms with van der Waals surface area (Å²) in [7, 11) is 0. The van der Waals surface area contributed by atoms with Gasteiger partial charge in [-0.25, -0.2) is 9.90 Å². The Balaban J connectivity index is 3.63. The summed E-state index contributed by atoms with van der Waals surface area (Å²) in [5.74, 6) is -3.34. The van der Waals surface area contributed by atoms with Crippen molar-refractivity contribution in [3.63, 3.8) is 0 Å². The molecule has 1 atom stereocenters. The molecular formula is C5H7O4. The van der Waals surface area contributed by atoms with Crippen LogP contribution in [0.3, 0.4) is 0 Å². The van der Waals surface area contributed by atoms with Gasteiger partial charge in [-0.2, -0.15) is 0 Å². The highest BCUT2D eigenvalue weighted by Gasteiger charge is 2.15. The third-order valence-electron chi connectivity index (χ3n) is 0.883. The van der Waals surface area contributed by atoms with Gasteiger partial charge in [-0.3, -0.25) is 4.79 Å². The van der Waals surface area contributed by atoms with Gasteiger partial charge in [-0.05, 0) is 0 Å². The Labute approximate surface area is 52.1 Å². The van der Waals surface area contributed by atoms with Crippen LogP contribution in [-0.2, 0) is 14.7 Å². The van der Waals surface area contributed by atoms with Crippen molar-refractivity contribution in [2.75, 3.05) is 0 Å². The topological polar surface area (TPSA) is 74.3 Å². The lowest BCUT2D eigenvalue weighted by Gasteiger charge is -1.96. The van der Waals surface area contributed by atoms with Crippen LogP contribution in [0.15, 0.2) is 0 Å². The zero-order valence-electron chi connectivity index (χ0n) is 4.96. The summed E-state index contributed by atoms with van der Waals surface area (Å²) in [6.07, 6.45) is -0.373. The Morgan fingerprint density at radius 2 is 2.00 bits per heavy atom. The van der Waals surface area contributed by atoms with E-state index in [0.29, 0.717) is 0 Å². The van der Waals surface area contributed by atoms with E-state index in [1.54, 1.807) is 0 Å². The van der Waals surface area contributed by atoms with Gasteiger partial charge in [0.05, 0.1) is 12.3 Å². The number of rotatable bonds is 3. The highest BCUT2D eigenvalue weighted by Crippen LogP contribution is 2.00. The molecule has 9 heavy (non-hydrogen) atoms. The molecular weight excluding hydrogens is 124 g/mol. The minimum absolute atomic E-state index is 0.373. The first kappa shape index (κ1) is 7.94. The lowest BCUT2D eigenvalue weighted by molar-refractivity contribution is -0.152. The normalized spacial score (nSPS) is 12.6. The first-order valence-electron chi connectivity index (χ1n) is 2.46. The van der Waals surface area contributed by atoms with Crippen LogP contribution in [0.25, 0.3) is 0 Å². The van der Waals surface area contributed by atoms with Crippen molar-refractivity contribution < 1.29 is 19.8 Å². The highest BCUT2D eigenvalue weighted by molar-refractivity contribution is 5.76. The number of aliphatic carboxylic acids is 1. The van der Waals surface area contributed by atoms with Crippen LogP contribution in [0.5, 0.6) is 0 Å². The molecule has 0 rings (SSSR count). The van der Waals surface area contributed by atoms with Gasteiger partial charge in [-0.15, -0.1) is 0 Å². The first-order chi connectivity index (χ1) is 4.04. The standard InChI is InChI=1S/C5H7O4/c1-3(5(8)9)2-4(6)7/h3H,2H2,1H3,(H,6,7). The predicted molar refractivity (Wildman–Crippen MR) is 27.1 cm³/mol. The molecule has 0 aromatic carbocycles. The summed E-state index contributed by atoms with van der Waals surface area (Å²) in [4.78, 5) is 19.7. The molecule has 0 bridgehead atoms. The van der Waals surface area contributed by atoms with E-state index in [1.807, 2.05) is 0 Å². The SMILES string of the molecule is CC(CC(=O)O)C([O])=O. The van der Waals surface area contributed by atoms with Crippen LogP contribution < -0.4 is 0 Å². The molecule has 0 amide bonds. The molecule has 1 radical (unpaired) electrons. The van der Waals surface area contributed by atoms with Crippen LogP contribution in [0.1, 0.15) is 13.3 Å². The second-order valence-corrected chi connectivity index (χ2v) is 1.82. The van der Waals surface area contributed by atoms with Crippen molar-refractivity contribution in [2.45, 2.75) is 13.3 Å². The van der Waals surface area contributed by atoms with Crippen LogP contribution in [0.2, 0.25) is 0 Å². The fourth-order valence-corrected chi connectivity index (χ4v) is 0.345. The molecule has 0 aromatic heterocycles. The summed E-state index contributed by atoms with van der Waals surface area (Å²) in [5.41, 5.74) is 0. The molecule has 0 spiro atoms. The Hall–Kier alpha value is -1.06. The van der Waals surface area contributed by atoms with E-state index in [9.17, 15) is 14.7 Å². The molecule has 1 N–H and O–H groups in total. The second-order valence-electron chi connectivity index (χ2n) is 1.82.